The average Bonchev–Trinajstić information content (AvgIpc) is 3.01. The second-order valence-electron chi connectivity index (χ2n) is 3.94. The third kappa shape index (κ3) is 1.69. The van der Waals surface area contributed by atoms with Crippen LogP contribution in [0.5, 0.6) is 0 Å². The predicted octanol–water partition coefficient (Wildman–Crippen LogP) is 0.192. The van der Waals surface area contributed by atoms with Crippen molar-refractivity contribution in [2.24, 2.45) is 7.05 Å². The first-order valence-electron chi connectivity index (χ1n) is 5.04. The van der Waals surface area contributed by atoms with Gasteiger partial charge in [-0.05, 0) is 11.6 Å². The summed E-state index contributed by atoms with van der Waals surface area (Å²) in [5, 5.41) is 0.737. The first-order chi connectivity index (χ1) is 8.08. The van der Waals surface area contributed by atoms with Crippen LogP contribution >= 0.6 is 23.4 Å². The number of halogens is 1. The maximum absolute atomic E-state index is 11.8. The van der Waals surface area contributed by atoms with Gasteiger partial charge in [-0.15, -0.1) is 0 Å². The van der Waals surface area contributed by atoms with Crippen molar-refractivity contribution in [3.05, 3.63) is 26.1 Å². The number of hydrogen-bond donors (Lipinski definition) is 1. The minimum atomic E-state index is -0.482. The van der Waals surface area contributed by atoms with Crippen LogP contribution in [0.25, 0.3) is 11.2 Å². The first kappa shape index (κ1) is 10.9. The van der Waals surface area contributed by atoms with E-state index in [4.69, 9.17) is 11.6 Å². The maximum atomic E-state index is 11.8. The van der Waals surface area contributed by atoms with Gasteiger partial charge in [0.05, 0.1) is 0 Å². The van der Waals surface area contributed by atoms with Gasteiger partial charge < -0.3 is 4.57 Å². The minimum absolute atomic E-state index is 0.249. The molecule has 0 amide bonds. The molecule has 1 unspecified atom stereocenters. The molecule has 1 saturated heterocycles. The molecule has 0 aromatic carbocycles. The van der Waals surface area contributed by atoms with Crippen LogP contribution in [0.3, 0.4) is 0 Å². The van der Waals surface area contributed by atoms with Crippen molar-refractivity contribution in [2.45, 2.75) is 11.8 Å². The molecule has 8 heteroatoms. The number of rotatable bonds is 2. The van der Waals surface area contributed by atoms with Crippen molar-refractivity contribution in [2.75, 3.05) is 5.75 Å². The summed E-state index contributed by atoms with van der Waals surface area (Å²) in [4.78, 5) is 29.5. The zero-order chi connectivity index (χ0) is 12.2. The van der Waals surface area contributed by atoms with Crippen molar-refractivity contribution < 1.29 is 0 Å². The topological polar surface area (TPSA) is 72.7 Å². The third-order valence-corrected chi connectivity index (χ3v) is 3.99. The molecule has 1 fully saturated rings. The van der Waals surface area contributed by atoms with E-state index in [1.165, 1.54) is 4.57 Å². The maximum Gasteiger partial charge on any atom is 0.329 e. The number of fused-ring (bicyclic) bond motifs is 1. The van der Waals surface area contributed by atoms with Crippen LogP contribution in [0.2, 0.25) is 5.28 Å². The molecule has 1 N–H and O–H groups in total. The van der Waals surface area contributed by atoms with Crippen LogP contribution in [-0.4, -0.2) is 30.1 Å². The molecule has 90 valence electrons. The van der Waals surface area contributed by atoms with Crippen LogP contribution in [0.15, 0.2) is 9.59 Å². The van der Waals surface area contributed by atoms with Crippen LogP contribution in [-0.2, 0) is 13.6 Å². The molecule has 6 nitrogen and oxygen atoms in total. The quantitative estimate of drug-likeness (QED) is 0.626. The van der Waals surface area contributed by atoms with E-state index < -0.39 is 11.2 Å². The van der Waals surface area contributed by atoms with Crippen LogP contribution in [0.1, 0.15) is 0 Å². The van der Waals surface area contributed by atoms with Crippen LogP contribution < -0.4 is 11.2 Å². The Hall–Kier alpha value is -1.21. The number of hydrogen-bond acceptors (Lipinski definition) is 4. The Balaban J connectivity index is 2.35. The monoisotopic (exact) mass is 272 g/mol. The van der Waals surface area contributed by atoms with Crippen molar-refractivity contribution >= 4 is 34.5 Å². The molecule has 3 rings (SSSR count). The van der Waals surface area contributed by atoms with Gasteiger partial charge in [-0.1, -0.05) is 0 Å². The lowest BCUT2D eigenvalue weighted by Crippen LogP contribution is -2.29. The zero-order valence-corrected chi connectivity index (χ0v) is 10.5. The molecule has 0 bridgehead atoms. The van der Waals surface area contributed by atoms with E-state index in [9.17, 15) is 9.59 Å². The van der Waals surface area contributed by atoms with Gasteiger partial charge in [-0.3, -0.25) is 14.3 Å². The summed E-state index contributed by atoms with van der Waals surface area (Å²) >= 11 is 7.82. The Morgan fingerprint density at radius 1 is 1.59 bits per heavy atom. The van der Waals surface area contributed by atoms with Crippen LogP contribution in [0.4, 0.5) is 0 Å². The molecule has 3 heterocycles. The molecule has 0 saturated carbocycles. The fraction of sp³-hybridized carbons (Fsp3) is 0.444. The normalized spacial score (nSPS) is 18.8. The van der Waals surface area contributed by atoms with Crippen molar-refractivity contribution in [3.63, 3.8) is 0 Å². The van der Waals surface area contributed by atoms with Gasteiger partial charge >= 0.3 is 5.69 Å². The SMILES string of the molecule is Cn1c(=O)[nH]c(=O)c2c1nc(Cl)n2CC1CS1. The van der Waals surface area contributed by atoms with Crippen molar-refractivity contribution in [1.82, 2.24) is 19.1 Å². The van der Waals surface area contributed by atoms with Crippen molar-refractivity contribution in [1.29, 1.82) is 0 Å². The fourth-order valence-corrected chi connectivity index (χ4v) is 2.48. The second-order valence-corrected chi connectivity index (χ2v) is 5.61. The first-order valence-corrected chi connectivity index (χ1v) is 6.47. The smallest absolute Gasteiger partial charge is 0.308 e. The molecule has 1 atom stereocenters. The predicted molar refractivity (Wildman–Crippen MR) is 66.9 cm³/mol. The summed E-state index contributed by atoms with van der Waals surface area (Å²) in [6.45, 7) is 0.654. The van der Waals surface area contributed by atoms with Crippen LogP contribution in [0, 0.1) is 0 Å². The summed E-state index contributed by atoms with van der Waals surface area (Å²) in [6.07, 6.45) is 0. The largest absolute Gasteiger partial charge is 0.329 e. The van der Waals surface area contributed by atoms with Gasteiger partial charge in [0.15, 0.2) is 11.2 Å². The van der Waals surface area contributed by atoms with E-state index in [2.05, 4.69) is 9.97 Å². The molecule has 2 aromatic heterocycles. The number of aryl methyl sites for hydroxylation is 1. The Morgan fingerprint density at radius 2 is 2.29 bits per heavy atom. The summed E-state index contributed by atoms with van der Waals surface area (Å²) in [6, 6.07) is 0. The van der Waals surface area contributed by atoms with Gasteiger partial charge in [0.1, 0.15) is 0 Å². The van der Waals surface area contributed by atoms with E-state index >= 15 is 0 Å². The number of nitrogens with one attached hydrogen (secondary N) is 1. The highest BCUT2D eigenvalue weighted by atomic mass is 35.5. The lowest BCUT2D eigenvalue weighted by molar-refractivity contribution is 0.739. The Bertz CT molecular complexity index is 712. The molecular formula is C9H9ClN4O2S. The van der Waals surface area contributed by atoms with Gasteiger partial charge in [-0.25, -0.2) is 4.79 Å². The molecule has 0 aliphatic carbocycles. The van der Waals surface area contributed by atoms with Gasteiger partial charge in [-0.2, -0.15) is 16.7 Å². The van der Waals surface area contributed by atoms with E-state index in [0.29, 0.717) is 23.0 Å². The number of aromatic amines is 1. The van der Waals surface area contributed by atoms with Gasteiger partial charge in [0.2, 0.25) is 5.28 Å². The third-order valence-electron chi connectivity index (χ3n) is 2.75. The Labute approximate surface area is 105 Å². The number of aromatic nitrogens is 4. The molecule has 1 aliphatic rings. The van der Waals surface area contributed by atoms with E-state index in [1.807, 2.05) is 11.8 Å². The standard InChI is InChI=1S/C9H9ClN4O2S/c1-13-6-5(7(15)12-9(13)16)14(8(10)11-6)2-4-3-17-4/h4H,2-3H2,1H3,(H,12,15,16). The Morgan fingerprint density at radius 3 is 2.94 bits per heavy atom. The minimum Gasteiger partial charge on any atom is -0.308 e. The highest BCUT2D eigenvalue weighted by Crippen LogP contribution is 2.33. The number of nitrogens with zero attached hydrogens (tertiary/aromatic N) is 3. The number of thioether (sulfide) groups is 1. The van der Waals surface area contributed by atoms with E-state index in [-0.39, 0.29) is 5.28 Å². The van der Waals surface area contributed by atoms with Crippen molar-refractivity contribution in [3.8, 4) is 0 Å². The highest BCUT2D eigenvalue weighted by Gasteiger charge is 2.26. The molecule has 0 radical (unpaired) electrons. The highest BCUT2D eigenvalue weighted by molar-refractivity contribution is 8.06. The van der Waals surface area contributed by atoms with E-state index in [0.717, 1.165) is 5.75 Å². The lowest BCUT2D eigenvalue weighted by atomic mass is 10.4. The molecule has 2 aromatic rings. The van der Waals surface area contributed by atoms with E-state index in [1.54, 1.807) is 11.6 Å². The van der Waals surface area contributed by atoms with Gasteiger partial charge in [0, 0.05) is 24.6 Å². The summed E-state index contributed by atoms with van der Waals surface area (Å²) in [5.74, 6) is 1.07. The lowest BCUT2D eigenvalue weighted by Gasteiger charge is -2.02. The average molecular weight is 273 g/mol. The molecular weight excluding hydrogens is 264 g/mol. The zero-order valence-electron chi connectivity index (χ0n) is 8.94. The summed E-state index contributed by atoms with van der Waals surface area (Å²) in [5.41, 5.74) is -0.225. The van der Waals surface area contributed by atoms with Gasteiger partial charge in [0.25, 0.3) is 5.56 Å². The Kier molecular flexibility index (Phi) is 2.34. The summed E-state index contributed by atoms with van der Waals surface area (Å²) in [7, 11) is 1.56. The number of H-pyrrole nitrogens is 1. The number of imidazole rings is 1. The summed E-state index contributed by atoms with van der Waals surface area (Å²) < 4.78 is 2.96. The molecule has 1 aliphatic heterocycles. The molecule has 17 heavy (non-hydrogen) atoms. The molecule has 0 spiro atoms. The fourth-order valence-electron chi connectivity index (χ4n) is 1.75. The second kappa shape index (κ2) is 3.64.